The van der Waals surface area contributed by atoms with Gasteiger partial charge in [-0.1, -0.05) is 77.6 Å². The highest BCUT2D eigenvalue weighted by molar-refractivity contribution is 9.18. The van der Waals surface area contributed by atoms with Crippen molar-refractivity contribution in [2.45, 2.75) is 23.0 Å². The number of rotatable bonds is 1. The van der Waals surface area contributed by atoms with E-state index >= 15 is 0 Å². The van der Waals surface area contributed by atoms with Crippen molar-refractivity contribution in [1.29, 1.82) is 0 Å². The normalized spacial score (nSPS) is 33.0. The van der Waals surface area contributed by atoms with Crippen molar-refractivity contribution in [3.05, 3.63) is 17.9 Å². The van der Waals surface area contributed by atoms with Crippen LogP contribution in [0.1, 0.15) is 13.8 Å². The van der Waals surface area contributed by atoms with Crippen LogP contribution in [0.5, 0.6) is 0 Å². The molecule has 0 saturated carbocycles. The van der Waals surface area contributed by atoms with Crippen molar-refractivity contribution in [1.82, 2.24) is 0 Å². The number of hydrogen-bond donors (Lipinski definition) is 0. The topological polar surface area (TPSA) is 0 Å². The molecule has 2 atom stereocenters. The molecule has 2 unspecified atom stereocenters. The molecule has 1 rings (SSSR count). The number of halogens is 6. The highest BCUT2D eigenvalue weighted by Crippen LogP contribution is 2.56. The zero-order valence-corrected chi connectivity index (χ0v) is 17.4. The molecule has 0 N–H and O–H groups in total. The van der Waals surface area contributed by atoms with E-state index in [-0.39, 0.29) is 9.15 Å². The van der Waals surface area contributed by atoms with Crippen molar-refractivity contribution in [2.75, 3.05) is 0 Å². The van der Waals surface area contributed by atoms with E-state index in [1.807, 2.05) is 0 Å². The Morgan fingerprint density at radius 1 is 1.07 bits per heavy atom. The molecule has 1 aliphatic carbocycles. The first kappa shape index (κ1) is 15.4. The van der Waals surface area contributed by atoms with Crippen LogP contribution in [0, 0.1) is 5.92 Å². The Kier molecular flexibility index (Phi) is 5.71. The van der Waals surface area contributed by atoms with Gasteiger partial charge in [-0.05, 0) is 37.8 Å². The van der Waals surface area contributed by atoms with Crippen LogP contribution >= 0.6 is 95.6 Å². The van der Waals surface area contributed by atoms with Crippen molar-refractivity contribution in [3.8, 4) is 0 Å². The largest absolute Gasteiger partial charge is 0.0813 e. The summed E-state index contributed by atoms with van der Waals surface area (Å²) in [5.74, 6) is 0.442. The van der Waals surface area contributed by atoms with E-state index in [1.54, 1.807) is 0 Å². The van der Waals surface area contributed by atoms with Crippen molar-refractivity contribution in [2.24, 2.45) is 5.92 Å². The standard InChI is InChI=1S/C9H8Br6/c1-3(2)9(15)7(13)5(11)4(10)6(12)8(9)14/h3,7H,1-2H3. The Labute approximate surface area is 140 Å². The van der Waals surface area contributed by atoms with Gasteiger partial charge in [0.1, 0.15) is 0 Å². The second-order valence-corrected chi connectivity index (χ2v) is 9.04. The summed E-state index contributed by atoms with van der Waals surface area (Å²) in [5.41, 5.74) is 0. The van der Waals surface area contributed by atoms with Gasteiger partial charge in [-0.25, -0.2) is 0 Å². The number of hydrogen-bond acceptors (Lipinski definition) is 0. The van der Waals surface area contributed by atoms with Crippen LogP contribution in [0.2, 0.25) is 0 Å². The predicted molar refractivity (Wildman–Crippen MR) is 89.0 cm³/mol. The van der Waals surface area contributed by atoms with Gasteiger partial charge in [0, 0.05) is 17.9 Å². The van der Waals surface area contributed by atoms with Gasteiger partial charge in [0.15, 0.2) is 0 Å². The summed E-state index contributed by atoms with van der Waals surface area (Å²) in [6, 6.07) is 0. The van der Waals surface area contributed by atoms with Crippen LogP contribution < -0.4 is 0 Å². The molecular formula is C9H8Br6. The molecule has 0 amide bonds. The fourth-order valence-electron chi connectivity index (χ4n) is 1.32. The van der Waals surface area contributed by atoms with Crippen LogP contribution in [0.15, 0.2) is 17.9 Å². The Morgan fingerprint density at radius 2 is 1.53 bits per heavy atom. The van der Waals surface area contributed by atoms with Gasteiger partial charge in [0.05, 0.1) is 9.15 Å². The van der Waals surface area contributed by atoms with Crippen LogP contribution in [-0.4, -0.2) is 9.15 Å². The molecule has 0 saturated heterocycles. The first-order chi connectivity index (χ1) is 6.74. The van der Waals surface area contributed by atoms with E-state index in [2.05, 4.69) is 109 Å². The Hall–Kier alpha value is 2.36. The minimum absolute atomic E-state index is 0.137. The molecule has 86 valence electrons. The van der Waals surface area contributed by atoms with Gasteiger partial charge < -0.3 is 0 Å². The number of allylic oxidation sites excluding steroid dienone is 4. The van der Waals surface area contributed by atoms with E-state index in [4.69, 9.17) is 0 Å². The lowest BCUT2D eigenvalue weighted by atomic mass is 9.89. The lowest BCUT2D eigenvalue weighted by Crippen LogP contribution is -2.40. The monoisotopic (exact) mass is 590 g/mol. The second-order valence-electron chi connectivity index (χ2n) is 3.58. The summed E-state index contributed by atoms with van der Waals surface area (Å²) in [6.07, 6.45) is 0. The van der Waals surface area contributed by atoms with E-state index < -0.39 is 0 Å². The zero-order valence-electron chi connectivity index (χ0n) is 7.92. The quantitative estimate of drug-likeness (QED) is 0.302. The fourth-order valence-corrected chi connectivity index (χ4v) is 6.87. The third-order valence-electron chi connectivity index (χ3n) is 2.36. The van der Waals surface area contributed by atoms with Gasteiger partial charge in [0.25, 0.3) is 0 Å². The summed E-state index contributed by atoms with van der Waals surface area (Å²) in [6.45, 7) is 4.37. The van der Waals surface area contributed by atoms with E-state index in [0.717, 1.165) is 17.9 Å². The summed E-state index contributed by atoms with van der Waals surface area (Å²) < 4.78 is 4.15. The third-order valence-corrected chi connectivity index (χ3v) is 12.2. The average molecular weight is 596 g/mol. The first-order valence-electron chi connectivity index (χ1n) is 4.18. The third kappa shape index (κ3) is 2.55. The maximum atomic E-state index is 3.83. The molecule has 0 aromatic carbocycles. The highest BCUT2D eigenvalue weighted by atomic mass is 79.9. The summed E-state index contributed by atoms with van der Waals surface area (Å²) in [5, 5.41) is 0. The van der Waals surface area contributed by atoms with E-state index in [1.165, 1.54) is 0 Å². The van der Waals surface area contributed by atoms with Gasteiger partial charge in [-0.3, -0.25) is 0 Å². The molecule has 15 heavy (non-hydrogen) atoms. The molecule has 0 radical (unpaired) electrons. The fraction of sp³-hybridized carbons (Fsp3) is 0.556. The SMILES string of the molecule is CC(C)C1(Br)C(Br)=C(Br)C(Br)=C(Br)C1Br. The maximum absolute atomic E-state index is 3.83. The Balaban J connectivity index is 3.39. The minimum Gasteiger partial charge on any atom is -0.0813 e. The Morgan fingerprint density at radius 3 is 1.93 bits per heavy atom. The Bertz CT molecular complexity index is 343. The van der Waals surface area contributed by atoms with Gasteiger partial charge in [-0.2, -0.15) is 0 Å². The number of alkyl halides is 2. The van der Waals surface area contributed by atoms with Gasteiger partial charge in [0.2, 0.25) is 0 Å². The van der Waals surface area contributed by atoms with Crippen molar-refractivity contribution >= 4 is 95.6 Å². The minimum atomic E-state index is -0.137. The molecule has 0 heterocycles. The van der Waals surface area contributed by atoms with Gasteiger partial charge in [-0.15, -0.1) is 0 Å². The smallest absolute Gasteiger partial charge is 0.0776 e. The predicted octanol–water partition coefficient (Wildman–Crippen LogP) is 6.56. The van der Waals surface area contributed by atoms with Crippen LogP contribution in [-0.2, 0) is 0 Å². The molecule has 0 spiro atoms. The first-order valence-corrected chi connectivity index (χ1v) is 9.06. The molecule has 0 aromatic heterocycles. The molecule has 6 heteroatoms. The zero-order chi connectivity index (χ0) is 12.0. The molecule has 0 fully saturated rings. The molecular weight excluding hydrogens is 588 g/mol. The molecule has 0 aliphatic heterocycles. The van der Waals surface area contributed by atoms with Gasteiger partial charge >= 0.3 is 0 Å². The highest BCUT2D eigenvalue weighted by Gasteiger charge is 2.46. The average Bonchev–Trinajstić information content (AvgIpc) is 2.20. The summed E-state index contributed by atoms with van der Waals surface area (Å²) in [4.78, 5) is 0.190. The van der Waals surface area contributed by atoms with Crippen molar-refractivity contribution in [3.63, 3.8) is 0 Å². The van der Waals surface area contributed by atoms with Crippen LogP contribution in [0.25, 0.3) is 0 Å². The van der Waals surface area contributed by atoms with E-state index in [9.17, 15) is 0 Å². The molecule has 0 aromatic rings. The maximum Gasteiger partial charge on any atom is 0.0776 e. The summed E-state index contributed by atoms with van der Waals surface area (Å²) in [7, 11) is 0. The lowest BCUT2D eigenvalue weighted by Gasteiger charge is -2.40. The van der Waals surface area contributed by atoms with Crippen molar-refractivity contribution < 1.29 is 0 Å². The van der Waals surface area contributed by atoms with E-state index in [0.29, 0.717) is 5.92 Å². The summed E-state index contributed by atoms with van der Waals surface area (Å²) >= 11 is 21.9. The molecule has 1 aliphatic rings. The molecule has 0 bridgehead atoms. The lowest BCUT2D eigenvalue weighted by molar-refractivity contribution is 0.527. The molecule has 0 nitrogen and oxygen atoms in total. The van der Waals surface area contributed by atoms with Crippen LogP contribution in [0.4, 0.5) is 0 Å². The van der Waals surface area contributed by atoms with Crippen LogP contribution in [0.3, 0.4) is 0 Å². The second kappa shape index (κ2) is 5.55.